The summed E-state index contributed by atoms with van der Waals surface area (Å²) in [6.45, 7) is 0.692. The molecule has 134 valence electrons. The second-order valence-electron chi connectivity index (χ2n) is 5.94. The highest BCUT2D eigenvalue weighted by atomic mass is 19.4. The van der Waals surface area contributed by atoms with E-state index in [0.717, 1.165) is 23.7 Å². The quantitative estimate of drug-likeness (QED) is 0.918. The van der Waals surface area contributed by atoms with E-state index >= 15 is 0 Å². The molecule has 2 heterocycles. The van der Waals surface area contributed by atoms with Crippen LogP contribution in [-0.4, -0.2) is 23.4 Å². The molecule has 0 radical (unpaired) electrons. The summed E-state index contributed by atoms with van der Waals surface area (Å²) in [4.78, 5) is 12.2. The summed E-state index contributed by atoms with van der Waals surface area (Å²) in [5.41, 5.74) is -1.40. The molecule has 5 nitrogen and oxygen atoms in total. The van der Waals surface area contributed by atoms with Gasteiger partial charge in [-0.25, -0.2) is 4.68 Å². The summed E-state index contributed by atoms with van der Waals surface area (Å²) in [5.74, 6) is 0.629. The van der Waals surface area contributed by atoms with Gasteiger partial charge in [-0.15, -0.1) is 0 Å². The van der Waals surface area contributed by atoms with E-state index in [4.69, 9.17) is 4.74 Å². The number of aromatic nitrogens is 2. The van der Waals surface area contributed by atoms with E-state index < -0.39 is 17.3 Å². The molecule has 1 aliphatic rings. The number of alkyl halides is 3. The molecule has 0 bridgehead atoms. The van der Waals surface area contributed by atoms with Gasteiger partial charge in [0, 0.05) is 0 Å². The van der Waals surface area contributed by atoms with E-state index in [0.29, 0.717) is 17.7 Å². The van der Waals surface area contributed by atoms with Gasteiger partial charge in [-0.3, -0.25) is 4.79 Å². The molecule has 2 aromatic rings. The monoisotopic (exact) mass is 353 g/mol. The molecule has 1 aromatic carbocycles. The first kappa shape index (κ1) is 17.5. The Morgan fingerprint density at radius 2 is 2.04 bits per heavy atom. The van der Waals surface area contributed by atoms with Gasteiger partial charge in [0.05, 0.1) is 25.4 Å². The maximum Gasteiger partial charge on any atom is 0.421 e. The molecule has 0 aliphatic carbocycles. The van der Waals surface area contributed by atoms with Gasteiger partial charge in [-0.05, 0) is 43.1 Å². The number of rotatable bonds is 4. The molecule has 3 rings (SSSR count). The summed E-state index contributed by atoms with van der Waals surface area (Å²) in [6, 6.07) is 7.38. The van der Waals surface area contributed by atoms with Gasteiger partial charge in [-0.2, -0.15) is 18.3 Å². The third-order valence-corrected chi connectivity index (χ3v) is 4.21. The van der Waals surface area contributed by atoms with E-state index in [1.807, 2.05) is 0 Å². The van der Waals surface area contributed by atoms with Gasteiger partial charge in [0.15, 0.2) is 0 Å². The Labute approximate surface area is 142 Å². The van der Waals surface area contributed by atoms with Crippen molar-refractivity contribution in [3.8, 4) is 5.75 Å². The summed E-state index contributed by atoms with van der Waals surface area (Å²) in [5, 5.41) is 7.29. The molecule has 0 amide bonds. The Hall–Kier alpha value is -2.35. The lowest BCUT2D eigenvalue weighted by Crippen LogP contribution is -2.33. The number of nitrogens with zero attached hydrogens (tertiary/aromatic N) is 2. The van der Waals surface area contributed by atoms with Gasteiger partial charge in [0.1, 0.15) is 11.3 Å². The molecule has 1 N–H and O–H groups in total. The van der Waals surface area contributed by atoms with Crippen molar-refractivity contribution in [2.75, 3.05) is 13.7 Å². The lowest BCUT2D eigenvalue weighted by Gasteiger charge is -2.16. The Morgan fingerprint density at radius 1 is 1.32 bits per heavy atom. The summed E-state index contributed by atoms with van der Waals surface area (Å²) in [7, 11) is 1.52. The van der Waals surface area contributed by atoms with Gasteiger partial charge < -0.3 is 10.1 Å². The molecule has 1 aliphatic heterocycles. The molecule has 0 spiro atoms. The Kier molecular flexibility index (Phi) is 4.80. The third-order valence-electron chi connectivity index (χ3n) is 4.21. The van der Waals surface area contributed by atoms with Crippen molar-refractivity contribution in [2.45, 2.75) is 31.6 Å². The maximum absolute atomic E-state index is 13.3. The Bertz CT molecular complexity index is 794. The zero-order valence-electron chi connectivity index (χ0n) is 13.6. The fourth-order valence-electron chi connectivity index (χ4n) is 2.88. The molecule has 1 unspecified atom stereocenters. The van der Waals surface area contributed by atoms with E-state index in [9.17, 15) is 18.0 Å². The summed E-state index contributed by atoms with van der Waals surface area (Å²) >= 11 is 0. The highest BCUT2D eigenvalue weighted by Crippen LogP contribution is 2.29. The zero-order valence-corrected chi connectivity index (χ0v) is 13.6. The minimum absolute atomic E-state index is 0.0353. The predicted octanol–water partition coefficient (Wildman–Crippen LogP) is 2.74. The number of halogens is 3. The first-order chi connectivity index (χ1) is 11.9. The van der Waals surface area contributed by atoms with Crippen molar-refractivity contribution >= 4 is 0 Å². The van der Waals surface area contributed by atoms with Gasteiger partial charge in [0.2, 0.25) is 0 Å². The third kappa shape index (κ3) is 3.84. The fraction of sp³-hybridized carbons (Fsp3) is 0.412. The number of nitrogens with one attached hydrogen (secondary N) is 1. The standard InChI is InChI=1S/C17H18F3N3O2/c1-25-12-6-4-11(5-7-12)10-23-16(24)13(17(18,19)20)9-15(22-23)14-3-2-8-21-14/h4-7,9,14,21H,2-3,8,10H2,1H3. The molecule has 1 fully saturated rings. The van der Waals surface area contributed by atoms with Crippen LogP contribution >= 0.6 is 0 Å². The lowest BCUT2D eigenvalue weighted by molar-refractivity contribution is -0.139. The normalized spacial score (nSPS) is 17.7. The van der Waals surface area contributed by atoms with Crippen LogP contribution in [0.15, 0.2) is 35.1 Å². The van der Waals surface area contributed by atoms with Crippen LogP contribution in [0.4, 0.5) is 13.2 Å². The Morgan fingerprint density at radius 3 is 2.60 bits per heavy atom. The number of methoxy groups -OCH3 is 1. The zero-order chi connectivity index (χ0) is 18.0. The molecule has 1 aromatic heterocycles. The lowest BCUT2D eigenvalue weighted by atomic mass is 10.1. The van der Waals surface area contributed by atoms with E-state index in [1.54, 1.807) is 24.3 Å². The van der Waals surface area contributed by atoms with Crippen LogP contribution in [-0.2, 0) is 12.7 Å². The van der Waals surface area contributed by atoms with E-state index in [-0.39, 0.29) is 18.3 Å². The number of hydrogen-bond donors (Lipinski definition) is 1. The van der Waals surface area contributed by atoms with Crippen LogP contribution in [0.5, 0.6) is 5.75 Å². The van der Waals surface area contributed by atoms with Crippen LogP contribution in [0, 0.1) is 0 Å². The smallest absolute Gasteiger partial charge is 0.421 e. The van der Waals surface area contributed by atoms with Crippen LogP contribution in [0.2, 0.25) is 0 Å². The van der Waals surface area contributed by atoms with Crippen molar-refractivity contribution in [2.24, 2.45) is 0 Å². The number of hydrogen-bond acceptors (Lipinski definition) is 4. The molecule has 0 saturated carbocycles. The van der Waals surface area contributed by atoms with Gasteiger partial charge in [0.25, 0.3) is 5.56 Å². The summed E-state index contributed by atoms with van der Waals surface area (Å²) < 4.78 is 45.7. The second kappa shape index (κ2) is 6.87. The molecule has 25 heavy (non-hydrogen) atoms. The van der Waals surface area contributed by atoms with Gasteiger partial charge in [-0.1, -0.05) is 12.1 Å². The maximum atomic E-state index is 13.3. The van der Waals surface area contributed by atoms with Crippen LogP contribution in [0.1, 0.15) is 35.7 Å². The van der Waals surface area contributed by atoms with Crippen LogP contribution in [0.3, 0.4) is 0 Å². The predicted molar refractivity (Wildman–Crippen MR) is 85.6 cm³/mol. The average molecular weight is 353 g/mol. The average Bonchev–Trinajstić information content (AvgIpc) is 3.11. The minimum Gasteiger partial charge on any atom is -0.497 e. The molecule has 1 atom stereocenters. The summed E-state index contributed by atoms with van der Waals surface area (Å²) in [6.07, 6.45) is -3.15. The largest absolute Gasteiger partial charge is 0.497 e. The minimum atomic E-state index is -4.71. The van der Waals surface area contributed by atoms with Crippen molar-refractivity contribution in [3.05, 3.63) is 57.5 Å². The number of ether oxygens (including phenoxy) is 1. The molecule has 1 saturated heterocycles. The highest BCUT2D eigenvalue weighted by molar-refractivity contribution is 5.27. The van der Waals surface area contributed by atoms with Crippen molar-refractivity contribution in [3.63, 3.8) is 0 Å². The molecular formula is C17H18F3N3O2. The molecular weight excluding hydrogens is 335 g/mol. The topological polar surface area (TPSA) is 56.1 Å². The first-order valence-electron chi connectivity index (χ1n) is 7.94. The SMILES string of the molecule is COc1ccc(Cn2nc(C3CCCN3)cc(C(F)(F)F)c2=O)cc1. The highest BCUT2D eigenvalue weighted by Gasteiger charge is 2.36. The van der Waals surface area contributed by atoms with Crippen LogP contribution < -0.4 is 15.6 Å². The van der Waals surface area contributed by atoms with E-state index in [1.165, 1.54) is 7.11 Å². The van der Waals surface area contributed by atoms with Gasteiger partial charge >= 0.3 is 6.18 Å². The van der Waals surface area contributed by atoms with Crippen LogP contribution in [0.25, 0.3) is 0 Å². The van der Waals surface area contributed by atoms with E-state index in [2.05, 4.69) is 10.4 Å². The first-order valence-corrected chi connectivity index (χ1v) is 7.94. The van der Waals surface area contributed by atoms with Crippen molar-refractivity contribution < 1.29 is 17.9 Å². The molecule has 8 heteroatoms. The second-order valence-corrected chi connectivity index (χ2v) is 5.94. The number of benzene rings is 1. The fourth-order valence-corrected chi connectivity index (χ4v) is 2.88. The Balaban J connectivity index is 2.01. The van der Waals surface area contributed by atoms with Crippen molar-refractivity contribution in [1.29, 1.82) is 0 Å². The van der Waals surface area contributed by atoms with Crippen molar-refractivity contribution in [1.82, 2.24) is 15.1 Å².